The lowest BCUT2D eigenvalue weighted by Gasteiger charge is -2.23. The molecule has 9 heteroatoms. The van der Waals surface area contributed by atoms with Gasteiger partial charge in [0.15, 0.2) is 11.2 Å². The largest absolute Gasteiger partial charge is 0.497 e. The van der Waals surface area contributed by atoms with Gasteiger partial charge in [0.05, 0.1) is 13.7 Å². The van der Waals surface area contributed by atoms with Gasteiger partial charge in [-0.25, -0.2) is 14.8 Å². The molecule has 4 rings (SSSR count). The van der Waals surface area contributed by atoms with Crippen molar-refractivity contribution in [3.8, 4) is 5.75 Å². The van der Waals surface area contributed by atoms with Gasteiger partial charge in [0.25, 0.3) is 5.56 Å². The molecule has 1 fully saturated rings. The summed E-state index contributed by atoms with van der Waals surface area (Å²) in [6.07, 6.45) is 8.06. The van der Waals surface area contributed by atoms with Crippen molar-refractivity contribution in [2.45, 2.75) is 51.2 Å². The minimum absolute atomic E-state index is 0.0540. The maximum Gasteiger partial charge on any atom is 0.333 e. The van der Waals surface area contributed by atoms with Crippen LogP contribution in [0.4, 0.5) is 0 Å². The average Bonchev–Trinajstić information content (AvgIpc) is 2.80. The maximum absolute atomic E-state index is 13.2. The topological polar surface area (TPSA) is 108 Å². The van der Waals surface area contributed by atoms with E-state index in [0.29, 0.717) is 5.75 Å². The Labute approximate surface area is 178 Å². The molecule has 1 aliphatic rings. The second-order valence-corrected chi connectivity index (χ2v) is 7.74. The van der Waals surface area contributed by atoms with E-state index in [1.165, 1.54) is 23.4 Å². The molecular formula is C22H25N5O4. The van der Waals surface area contributed by atoms with Gasteiger partial charge in [0.2, 0.25) is 5.91 Å². The highest BCUT2D eigenvalue weighted by Gasteiger charge is 2.20. The first kappa shape index (κ1) is 20.8. The summed E-state index contributed by atoms with van der Waals surface area (Å²) in [4.78, 5) is 47.1. The summed E-state index contributed by atoms with van der Waals surface area (Å²) in [6, 6.07) is 7.21. The van der Waals surface area contributed by atoms with Gasteiger partial charge in [-0.2, -0.15) is 0 Å². The third-order valence-corrected chi connectivity index (χ3v) is 5.62. The normalized spacial score (nSPS) is 14.5. The van der Waals surface area contributed by atoms with Crippen molar-refractivity contribution in [2.75, 3.05) is 7.11 Å². The Bertz CT molecular complexity index is 1190. The highest BCUT2D eigenvalue weighted by atomic mass is 16.5. The Balaban J connectivity index is 1.69. The fourth-order valence-electron chi connectivity index (χ4n) is 3.99. The molecule has 1 N–H and O–H groups in total. The summed E-state index contributed by atoms with van der Waals surface area (Å²) in [5.41, 5.74) is -0.203. The number of carbonyl (C=O) groups excluding carboxylic acids is 1. The Morgan fingerprint density at radius 3 is 2.48 bits per heavy atom. The molecule has 0 spiro atoms. The lowest BCUT2D eigenvalue weighted by atomic mass is 9.95. The predicted molar refractivity (Wildman–Crippen MR) is 115 cm³/mol. The molecule has 0 saturated heterocycles. The van der Waals surface area contributed by atoms with E-state index in [1.807, 2.05) is 0 Å². The first-order valence-corrected chi connectivity index (χ1v) is 10.4. The van der Waals surface area contributed by atoms with Crippen molar-refractivity contribution >= 4 is 17.1 Å². The zero-order valence-electron chi connectivity index (χ0n) is 17.4. The molecule has 0 atom stereocenters. The molecule has 1 saturated carbocycles. The fourth-order valence-corrected chi connectivity index (χ4v) is 3.99. The smallest absolute Gasteiger partial charge is 0.333 e. The Morgan fingerprint density at radius 2 is 1.77 bits per heavy atom. The first-order chi connectivity index (χ1) is 15.1. The molecule has 1 amide bonds. The van der Waals surface area contributed by atoms with Crippen molar-refractivity contribution < 1.29 is 9.53 Å². The molecule has 0 bridgehead atoms. The van der Waals surface area contributed by atoms with E-state index in [0.717, 1.165) is 35.8 Å². The van der Waals surface area contributed by atoms with E-state index in [2.05, 4.69) is 15.3 Å². The number of fused-ring (bicyclic) bond motifs is 1. The summed E-state index contributed by atoms with van der Waals surface area (Å²) in [5, 5.41) is 3.01. The summed E-state index contributed by atoms with van der Waals surface area (Å²) in [6.45, 7) is -0.161. The van der Waals surface area contributed by atoms with Crippen LogP contribution in [0.1, 0.15) is 37.7 Å². The van der Waals surface area contributed by atoms with Crippen LogP contribution in [0.3, 0.4) is 0 Å². The van der Waals surface area contributed by atoms with Gasteiger partial charge < -0.3 is 10.1 Å². The van der Waals surface area contributed by atoms with E-state index < -0.39 is 11.2 Å². The van der Waals surface area contributed by atoms with Crippen LogP contribution >= 0.6 is 0 Å². The molecule has 31 heavy (non-hydrogen) atoms. The van der Waals surface area contributed by atoms with Crippen LogP contribution in [-0.2, 0) is 17.9 Å². The van der Waals surface area contributed by atoms with Crippen LogP contribution in [0.25, 0.3) is 11.2 Å². The summed E-state index contributed by atoms with van der Waals surface area (Å²) in [7, 11) is 1.57. The van der Waals surface area contributed by atoms with Crippen molar-refractivity contribution in [1.29, 1.82) is 0 Å². The lowest BCUT2D eigenvalue weighted by Crippen LogP contribution is -2.45. The van der Waals surface area contributed by atoms with Crippen molar-refractivity contribution in [3.05, 3.63) is 63.1 Å². The van der Waals surface area contributed by atoms with Gasteiger partial charge in [-0.15, -0.1) is 0 Å². The molecular weight excluding hydrogens is 398 g/mol. The van der Waals surface area contributed by atoms with Crippen molar-refractivity contribution in [3.63, 3.8) is 0 Å². The number of methoxy groups -OCH3 is 1. The third-order valence-electron chi connectivity index (χ3n) is 5.62. The number of nitrogens with zero attached hydrogens (tertiary/aromatic N) is 4. The van der Waals surface area contributed by atoms with Crippen LogP contribution in [0, 0.1) is 0 Å². The van der Waals surface area contributed by atoms with Gasteiger partial charge in [0.1, 0.15) is 12.3 Å². The number of aromatic nitrogens is 4. The van der Waals surface area contributed by atoms with Crippen LogP contribution in [-0.4, -0.2) is 38.2 Å². The quantitative estimate of drug-likeness (QED) is 0.643. The zero-order valence-corrected chi connectivity index (χ0v) is 17.4. The van der Waals surface area contributed by atoms with Gasteiger partial charge in [-0.1, -0.05) is 31.4 Å². The van der Waals surface area contributed by atoms with Crippen LogP contribution in [0.15, 0.2) is 46.2 Å². The van der Waals surface area contributed by atoms with Crippen molar-refractivity contribution in [2.24, 2.45) is 0 Å². The van der Waals surface area contributed by atoms with E-state index >= 15 is 0 Å². The Kier molecular flexibility index (Phi) is 6.11. The van der Waals surface area contributed by atoms with Gasteiger partial charge >= 0.3 is 5.69 Å². The van der Waals surface area contributed by atoms with Crippen LogP contribution < -0.4 is 21.3 Å². The number of nitrogens with one attached hydrogen (secondary N) is 1. The molecule has 2 aromatic heterocycles. The summed E-state index contributed by atoms with van der Waals surface area (Å²) in [5.74, 6) is 0.410. The molecule has 0 aliphatic heterocycles. The second-order valence-electron chi connectivity index (χ2n) is 7.74. The average molecular weight is 423 g/mol. The first-order valence-electron chi connectivity index (χ1n) is 10.4. The zero-order chi connectivity index (χ0) is 21.8. The fraction of sp³-hybridized carbons (Fsp3) is 0.409. The lowest BCUT2D eigenvalue weighted by molar-refractivity contribution is -0.122. The number of rotatable bonds is 6. The number of hydrogen-bond donors (Lipinski definition) is 1. The standard InChI is InChI=1S/C22H25N5O4/c1-31-17-9-7-15(8-10-17)13-27-21(29)19-20(24-12-11-23-19)26(22(27)30)14-18(28)25-16-5-3-2-4-6-16/h7-12,16H,2-6,13-14H2,1H3,(H,25,28). The monoisotopic (exact) mass is 423 g/mol. The molecule has 2 heterocycles. The van der Waals surface area contributed by atoms with Gasteiger partial charge in [-0.05, 0) is 30.5 Å². The van der Waals surface area contributed by atoms with E-state index in [1.54, 1.807) is 31.4 Å². The molecule has 1 aliphatic carbocycles. The second kappa shape index (κ2) is 9.11. The molecule has 0 unspecified atom stereocenters. The highest BCUT2D eigenvalue weighted by Crippen LogP contribution is 2.17. The van der Waals surface area contributed by atoms with Gasteiger partial charge in [0, 0.05) is 18.4 Å². The summed E-state index contributed by atoms with van der Waals surface area (Å²) >= 11 is 0. The predicted octanol–water partition coefficient (Wildman–Crippen LogP) is 1.46. The van der Waals surface area contributed by atoms with E-state index in [9.17, 15) is 14.4 Å². The molecule has 1 aromatic carbocycles. The number of carbonyl (C=O) groups is 1. The number of amides is 1. The highest BCUT2D eigenvalue weighted by molar-refractivity contribution is 5.78. The number of benzene rings is 1. The summed E-state index contributed by atoms with van der Waals surface area (Å²) < 4.78 is 7.47. The minimum atomic E-state index is -0.590. The SMILES string of the molecule is COc1ccc(Cn2c(=O)c3nccnc3n(CC(=O)NC3CCCCC3)c2=O)cc1. The van der Waals surface area contributed by atoms with Crippen LogP contribution in [0.2, 0.25) is 0 Å². The maximum atomic E-state index is 13.2. The molecule has 3 aromatic rings. The molecule has 0 radical (unpaired) electrons. The Morgan fingerprint density at radius 1 is 1.06 bits per heavy atom. The number of hydrogen-bond acceptors (Lipinski definition) is 6. The van der Waals surface area contributed by atoms with Gasteiger partial charge in [-0.3, -0.25) is 18.7 Å². The molecule has 162 valence electrons. The van der Waals surface area contributed by atoms with Crippen LogP contribution in [0.5, 0.6) is 5.75 Å². The number of ether oxygens (including phenoxy) is 1. The van der Waals surface area contributed by atoms with E-state index in [4.69, 9.17) is 4.74 Å². The third kappa shape index (κ3) is 4.50. The Hall–Kier alpha value is -3.49. The molecule has 9 nitrogen and oxygen atoms in total. The van der Waals surface area contributed by atoms with E-state index in [-0.39, 0.29) is 36.2 Å². The van der Waals surface area contributed by atoms with Crippen molar-refractivity contribution in [1.82, 2.24) is 24.4 Å². The minimum Gasteiger partial charge on any atom is -0.497 e.